The van der Waals surface area contributed by atoms with Gasteiger partial charge >= 0.3 is 5.97 Å². The van der Waals surface area contributed by atoms with Gasteiger partial charge in [-0.1, -0.05) is 11.6 Å². The Morgan fingerprint density at radius 2 is 2.06 bits per heavy atom. The first-order chi connectivity index (χ1) is 8.56. The van der Waals surface area contributed by atoms with E-state index in [4.69, 9.17) is 21.4 Å². The molecule has 0 aliphatic rings. The molecule has 0 atom stereocenters. The predicted molar refractivity (Wildman–Crippen MR) is 65.3 cm³/mol. The minimum atomic E-state index is -1.13. The third-order valence-electron chi connectivity index (χ3n) is 2.21. The molecule has 5 nitrogen and oxygen atoms in total. The molecule has 2 rings (SSSR count). The maximum atomic E-state index is 10.6. The first-order valence-electron chi connectivity index (χ1n) is 5.07. The van der Waals surface area contributed by atoms with Crippen LogP contribution in [0.2, 0.25) is 5.02 Å². The van der Waals surface area contributed by atoms with E-state index in [2.05, 4.69) is 10.2 Å². The molecule has 0 unspecified atom stereocenters. The first-order valence-corrected chi connectivity index (χ1v) is 5.45. The standard InChI is InChI=1S/C12H9ClN2O3/c1-7-6-8(13)2-4-10(7)18-11-5-3-9(12(16)17)14-15-11/h2-6H,1H3,(H,16,17). The summed E-state index contributed by atoms with van der Waals surface area (Å²) in [6, 6.07) is 7.95. The summed E-state index contributed by atoms with van der Waals surface area (Å²) >= 11 is 5.83. The number of halogens is 1. The lowest BCUT2D eigenvalue weighted by Crippen LogP contribution is -2.02. The number of carboxylic acid groups (broad SMARTS) is 1. The molecular weight excluding hydrogens is 256 g/mol. The van der Waals surface area contributed by atoms with Gasteiger partial charge in [-0.25, -0.2) is 4.79 Å². The van der Waals surface area contributed by atoms with E-state index in [-0.39, 0.29) is 11.6 Å². The molecule has 0 saturated carbocycles. The van der Waals surface area contributed by atoms with Gasteiger partial charge in [-0.15, -0.1) is 10.2 Å². The number of nitrogens with zero attached hydrogens (tertiary/aromatic N) is 2. The Labute approximate surface area is 108 Å². The Kier molecular flexibility index (Phi) is 3.43. The number of carboxylic acids is 1. The molecule has 2 aromatic rings. The number of hydrogen-bond acceptors (Lipinski definition) is 4. The molecule has 6 heteroatoms. The van der Waals surface area contributed by atoms with Gasteiger partial charge in [0, 0.05) is 11.1 Å². The van der Waals surface area contributed by atoms with E-state index in [1.165, 1.54) is 12.1 Å². The summed E-state index contributed by atoms with van der Waals surface area (Å²) in [5, 5.41) is 16.5. The Morgan fingerprint density at radius 1 is 1.28 bits per heavy atom. The third kappa shape index (κ3) is 2.75. The van der Waals surface area contributed by atoms with Crippen molar-refractivity contribution in [2.45, 2.75) is 6.92 Å². The highest BCUT2D eigenvalue weighted by Gasteiger charge is 2.07. The van der Waals surface area contributed by atoms with Crippen LogP contribution in [-0.4, -0.2) is 21.3 Å². The van der Waals surface area contributed by atoms with Crippen molar-refractivity contribution in [3.63, 3.8) is 0 Å². The van der Waals surface area contributed by atoms with E-state index in [0.717, 1.165) is 5.56 Å². The van der Waals surface area contributed by atoms with Crippen molar-refractivity contribution in [1.29, 1.82) is 0 Å². The van der Waals surface area contributed by atoms with E-state index in [0.29, 0.717) is 10.8 Å². The van der Waals surface area contributed by atoms with Crippen molar-refractivity contribution in [3.05, 3.63) is 46.6 Å². The second kappa shape index (κ2) is 5.01. The quantitative estimate of drug-likeness (QED) is 0.923. The van der Waals surface area contributed by atoms with Crippen molar-refractivity contribution in [2.24, 2.45) is 0 Å². The molecule has 0 bridgehead atoms. The van der Waals surface area contributed by atoms with Crippen LogP contribution in [0.4, 0.5) is 0 Å². The zero-order valence-corrected chi connectivity index (χ0v) is 10.2. The number of aromatic nitrogens is 2. The Morgan fingerprint density at radius 3 is 2.61 bits per heavy atom. The highest BCUT2D eigenvalue weighted by molar-refractivity contribution is 6.30. The molecule has 1 heterocycles. The molecule has 1 aromatic heterocycles. The van der Waals surface area contributed by atoms with Gasteiger partial charge < -0.3 is 9.84 Å². The van der Waals surface area contributed by atoms with Crippen molar-refractivity contribution < 1.29 is 14.6 Å². The fourth-order valence-corrected chi connectivity index (χ4v) is 1.56. The number of benzene rings is 1. The van der Waals surface area contributed by atoms with E-state index < -0.39 is 5.97 Å². The zero-order valence-electron chi connectivity index (χ0n) is 9.42. The molecule has 0 spiro atoms. The second-order valence-corrected chi connectivity index (χ2v) is 4.01. The lowest BCUT2D eigenvalue weighted by atomic mass is 10.2. The fourth-order valence-electron chi connectivity index (χ4n) is 1.33. The average molecular weight is 265 g/mol. The summed E-state index contributed by atoms with van der Waals surface area (Å²) in [5.41, 5.74) is 0.724. The molecule has 0 saturated heterocycles. The summed E-state index contributed by atoms with van der Waals surface area (Å²) in [4.78, 5) is 10.6. The summed E-state index contributed by atoms with van der Waals surface area (Å²) in [7, 11) is 0. The van der Waals surface area contributed by atoms with Crippen molar-refractivity contribution in [1.82, 2.24) is 10.2 Å². The summed E-state index contributed by atoms with van der Waals surface area (Å²) < 4.78 is 5.47. The number of rotatable bonds is 3. The third-order valence-corrected chi connectivity index (χ3v) is 2.45. The number of ether oxygens (including phenoxy) is 1. The Bertz CT molecular complexity index is 584. The largest absolute Gasteiger partial charge is 0.476 e. The lowest BCUT2D eigenvalue weighted by molar-refractivity contribution is 0.0689. The summed E-state index contributed by atoms with van der Waals surface area (Å²) in [6.07, 6.45) is 0. The highest BCUT2D eigenvalue weighted by Crippen LogP contribution is 2.25. The number of aryl methyl sites for hydroxylation is 1. The molecule has 0 aliphatic carbocycles. The first kappa shape index (κ1) is 12.3. The van der Waals surface area contributed by atoms with E-state index in [1.807, 2.05) is 6.92 Å². The minimum Gasteiger partial charge on any atom is -0.476 e. The Hall–Kier alpha value is -2.14. The molecule has 0 radical (unpaired) electrons. The van der Waals surface area contributed by atoms with E-state index in [9.17, 15) is 4.79 Å². The predicted octanol–water partition coefficient (Wildman–Crippen LogP) is 2.93. The normalized spacial score (nSPS) is 10.1. The topological polar surface area (TPSA) is 72.3 Å². The van der Waals surface area contributed by atoms with Crippen LogP contribution in [0.15, 0.2) is 30.3 Å². The van der Waals surface area contributed by atoms with Crippen molar-refractivity contribution in [3.8, 4) is 11.6 Å². The van der Waals surface area contributed by atoms with Crippen LogP contribution < -0.4 is 4.74 Å². The van der Waals surface area contributed by atoms with Crippen LogP contribution in [0.25, 0.3) is 0 Å². The molecule has 1 N–H and O–H groups in total. The van der Waals surface area contributed by atoms with Crippen LogP contribution in [0.3, 0.4) is 0 Å². The zero-order chi connectivity index (χ0) is 13.1. The van der Waals surface area contributed by atoms with Gasteiger partial charge in [0.2, 0.25) is 5.88 Å². The van der Waals surface area contributed by atoms with Gasteiger partial charge in [0.05, 0.1) is 0 Å². The molecule has 1 aromatic carbocycles. The molecule has 0 fully saturated rings. The molecule has 92 valence electrons. The molecule has 18 heavy (non-hydrogen) atoms. The SMILES string of the molecule is Cc1cc(Cl)ccc1Oc1ccc(C(=O)O)nn1. The van der Waals surface area contributed by atoms with Crippen molar-refractivity contribution in [2.75, 3.05) is 0 Å². The van der Waals surface area contributed by atoms with E-state index in [1.54, 1.807) is 18.2 Å². The van der Waals surface area contributed by atoms with Gasteiger partial charge in [-0.3, -0.25) is 0 Å². The van der Waals surface area contributed by atoms with Crippen LogP contribution >= 0.6 is 11.6 Å². The second-order valence-electron chi connectivity index (χ2n) is 3.57. The maximum Gasteiger partial charge on any atom is 0.356 e. The van der Waals surface area contributed by atoms with Crippen LogP contribution in [0, 0.1) is 6.92 Å². The van der Waals surface area contributed by atoms with Gasteiger partial charge in [-0.2, -0.15) is 0 Å². The number of hydrogen-bond donors (Lipinski definition) is 1. The Balaban J connectivity index is 2.21. The van der Waals surface area contributed by atoms with Crippen molar-refractivity contribution >= 4 is 17.6 Å². The van der Waals surface area contributed by atoms with Crippen LogP contribution in [-0.2, 0) is 0 Å². The monoisotopic (exact) mass is 264 g/mol. The van der Waals surface area contributed by atoms with Gasteiger partial charge in [0.15, 0.2) is 5.69 Å². The molecule has 0 amide bonds. The fraction of sp³-hybridized carbons (Fsp3) is 0.0833. The number of carbonyl (C=O) groups is 1. The smallest absolute Gasteiger partial charge is 0.356 e. The summed E-state index contributed by atoms with van der Waals surface area (Å²) in [5.74, 6) is -0.307. The average Bonchev–Trinajstić information content (AvgIpc) is 2.33. The highest BCUT2D eigenvalue weighted by atomic mass is 35.5. The van der Waals surface area contributed by atoms with Gasteiger partial charge in [0.25, 0.3) is 0 Å². The maximum absolute atomic E-state index is 10.6. The van der Waals surface area contributed by atoms with Crippen LogP contribution in [0.1, 0.15) is 16.1 Å². The lowest BCUT2D eigenvalue weighted by Gasteiger charge is -2.07. The van der Waals surface area contributed by atoms with Crippen LogP contribution in [0.5, 0.6) is 11.6 Å². The minimum absolute atomic E-state index is 0.129. The molecular formula is C12H9ClN2O3. The summed E-state index contributed by atoms with van der Waals surface area (Å²) in [6.45, 7) is 1.85. The molecule has 0 aliphatic heterocycles. The number of aromatic carboxylic acids is 1. The van der Waals surface area contributed by atoms with E-state index >= 15 is 0 Å². The van der Waals surface area contributed by atoms with Gasteiger partial charge in [-0.05, 0) is 36.8 Å². The van der Waals surface area contributed by atoms with Gasteiger partial charge in [0.1, 0.15) is 5.75 Å².